The van der Waals surface area contributed by atoms with E-state index >= 15 is 0 Å². The number of likely N-dealkylation sites (tertiary alicyclic amines) is 1. The zero-order valence-electron chi connectivity index (χ0n) is 12.9. The van der Waals surface area contributed by atoms with Crippen LogP contribution in [-0.4, -0.2) is 55.5 Å². The Bertz CT molecular complexity index is 260. The summed E-state index contributed by atoms with van der Waals surface area (Å²) in [4.78, 5) is 16.5. The fourth-order valence-corrected chi connectivity index (χ4v) is 2.91. The quantitative estimate of drug-likeness (QED) is 0.765. The third-order valence-corrected chi connectivity index (χ3v) is 4.47. The van der Waals surface area contributed by atoms with Crippen LogP contribution in [0.5, 0.6) is 0 Å². The molecule has 1 aliphatic heterocycles. The van der Waals surface area contributed by atoms with Gasteiger partial charge in [0.2, 0.25) is 5.91 Å². The number of rotatable bonds is 7. The number of amides is 1. The lowest BCUT2D eigenvalue weighted by atomic mass is 9.96. The molecule has 0 aliphatic carbocycles. The number of piperidine rings is 1. The molecule has 112 valence electrons. The van der Waals surface area contributed by atoms with Gasteiger partial charge in [-0.1, -0.05) is 13.3 Å². The summed E-state index contributed by atoms with van der Waals surface area (Å²) in [5.41, 5.74) is 5.60. The van der Waals surface area contributed by atoms with E-state index < -0.39 is 0 Å². The predicted octanol–water partition coefficient (Wildman–Crippen LogP) is 1.69. The molecule has 0 radical (unpaired) electrons. The molecule has 0 aromatic heterocycles. The molecule has 4 heteroatoms. The molecule has 0 aromatic rings. The molecule has 1 amide bonds. The lowest BCUT2D eigenvalue weighted by Gasteiger charge is -2.35. The van der Waals surface area contributed by atoms with Gasteiger partial charge in [0.1, 0.15) is 0 Å². The normalized spacial score (nSPS) is 18.9. The Labute approximate surface area is 118 Å². The molecule has 1 unspecified atom stereocenters. The summed E-state index contributed by atoms with van der Waals surface area (Å²) in [5.74, 6) is 0.959. The van der Waals surface area contributed by atoms with Gasteiger partial charge in [0.25, 0.3) is 0 Å². The Morgan fingerprint density at radius 3 is 2.42 bits per heavy atom. The minimum atomic E-state index is 0.340. The fourth-order valence-electron chi connectivity index (χ4n) is 2.91. The maximum Gasteiger partial charge on any atom is 0.222 e. The molecule has 1 saturated heterocycles. The molecule has 19 heavy (non-hydrogen) atoms. The topological polar surface area (TPSA) is 49.6 Å². The van der Waals surface area contributed by atoms with Crippen LogP contribution >= 0.6 is 0 Å². The monoisotopic (exact) mass is 269 g/mol. The highest BCUT2D eigenvalue weighted by Crippen LogP contribution is 2.18. The molecule has 2 N–H and O–H groups in total. The molecule has 4 nitrogen and oxygen atoms in total. The second-order valence-electron chi connectivity index (χ2n) is 5.97. The van der Waals surface area contributed by atoms with Crippen LogP contribution < -0.4 is 5.73 Å². The highest BCUT2D eigenvalue weighted by molar-refractivity contribution is 5.76. The van der Waals surface area contributed by atoms with Crippen molar-refractivity contribution in [2.75, 3.05) is 33.7 Å². The highest BCUT2D eigenvalue weighted by atomic mass is 16.2. The Morgan fingerprint density at radius 1 is 1.32 bits per heavy atom. The molecule has 0 spiro atoms. The molecular weight excluding hydrogens is 238 g/mol. The van der Waals surface area contributed by atoms with E-state index in [0.717, 1.165) is 51.7 Å². The van der Waals surface area contributed by atoms with E-state index in [0.29, 0.717) is 24.3 Å². The fraction of sp³-hybridized carbons (Fsp3) is 0.933. The van der Waals surface area contributed by atoms with Crippen molar-refractivity contribution in [3.8, 4) is 0 Å². The maximum atomic E-state index is 12.2. The van der Waals surface area contributed by atoms with Crippen molar-refractivity contribution in [3.05, 3.63) is 0 Å². The van der Waals surface area contributed by atoms with Crippen molar-refractivity contribution in [2.45, 2.75) is 51.5 Å². The van der Waals surface area contributed by atoms with Gasteiger partial charge in [0.05, 0.1) is 0 Å². The number of nitrogens with zero attached hydrogens (tertiary/aromatic N) is 2. The van der Waals surface area contributed by atoms with Gasteiger partial charge in [0.15, 0.2) is 0 Å². The third-order valence-electron chi connectivity index (χ3n) is 4.47. The number of hydrogen-bond donors (Lipinski definition) is 1. The molecule has 1 rings (SSSR count). The van der Waals surface area contributed by atoms with E-state index in [1.54, 1.807) is 0 Å². The smallest absolute Gasteiger partial charge is 0.222 e. The average Bonchev–Trinajstić information content (AvgIpc) is 2.43. The first-order chi connectivity index (χ1) is 9.08. The van der Waals surface area contributed by atoms with Crippen LogP contribution in [0.15, 0.2) is 0 Å². The Hall–Kier alpha value is -0.610. The average molecular weight is 269 g/mol. The summed E-state index contributed by atoms with van der Waals surface area (Å²) in [6.07, 6.45) is 6.10. The van der Waals surface area contributed by atoms with Crippen molar-refractivity contribution >= 4 is 5.91 Å². The van der Waals surface area contributed by atoms with Crippen molar-refractivity contribution in [1.29, 1.82) is 0 Å². The van der Waals surface area contributed by atoms with Gasteiger partial charge in [-0.15, -0.1) is 0 Å². The van der Waals surface area contributed by atoms with Crippen molar-refractivity contribution in [1.82, 2.24) is 9.80 Å². The van der Waals surface area contributed by atoms with Gasteiger partial charge < -0.3 is 15.5 Å². The molecule has 1 heterocycles. The summed E-state index contributed by atoms with van der Waals surface area (Å²) in [5, 5.41) is 0. The Balaban J connectivity index is 2.27. The predicted molar refractivity (Wildman–Crippen MR) is 80.0 cm³/mol. The van der Waals surface area contributed by atoms with E-state index in [1.165, 1.54) is 0 Å². The zero-order chi connectivity index (χ0) is 14.3. The van der Waals surface area contributed by atoms with Crippen LogP contribution in [0.25, 0.3) is 0 Å². The molecule has 1 fully saturated rings. The van der Waals surface area contributed by atoms with Crippen molar-refractivity contribution < 1.29 is 4.79 Å². The largest absolute Gasteiger partial charge is 0.343 e. The SMILES string of the molecule is CCC(CCN)CCC(=O)N1CCC(N(C)C)CC1. The van der Waals surface area contributed by atoms with Crippen LogP contribution in [0.3, 0.4) is 0 Å². The molecule has 1 aliphatic rings. The highest BCUT2D eigenvalue weighted by Gasteiger charge is 2.23. The minimum absolute atomic E-state index is 0.340. The molecule has 1 atom stereocenters. The third kappa shape index (κ3) is 5.49. The second kappa shape index (κ2) is 8.54. The van der Waals surface area contributed by atoms with E-state index in [9.17, 15) is 4.79 Å². The summed E-state index contributed by atoms with van der Waals surface area (Å²) in [6.45, 7) is 4.78. The summed E-state index contributed by atoms with van der Waals surface area (Å²) < 4.78 is 0. The second-order valence-corrected chi connectivity index (χ2v) is 5.97. The van der Waals surface area contributed by atoms with Gasteiger partial charge in [-0.3, -0.25) is 4.79 Å². The van der Waals surface area contributed by atoms with Crippen LogP contribution in [0, 0.1) is 5.92 Å². The van der Waals surface area contributed by atoms with Gasteiger partial charge >= 0.3 is 0 Å². The van der Waals surface area contributed by atoms with Crippen LogP contribution in [0.2, 0.25) is 0 Å². The van der Waals surface area contributed by atoms with E-state index in [2.05, 4.69) is 30.8 Å². The van der Waals surface area contributed by atoms with E-state index in [1.807, 2.05) is 0 Å². The van der Waals surface area contributed by atoms with Crippen molar-refractivity contribution in [2.24, 2.45) is 11.7 Å². The standard InChI is InChI=1S/C15H31N3O/c1-4-13(7-10-16)5-6-15(19)18-11-8-14(9-12-18)17(2)3/h13-14H,4-12,16H2,1-3H3. The Morgan fingerprint density at radius 2 is 1.95 bits per heavy atom. The summed E-state index contributed by atoms with van der Waals surface area (Å²) >= 11 is 0. The maximum absolute atomic E-state index is 12.2. The van der Waals surface area contributed by atoms with Gasteiger partial charge in [0, 0.05) is 25.6 Å². The lowest BCUT2D eigenvalue weighted by molar-refractivity contribution is -0.133. The Kier molecular flexibility index (Phi) is 7.39. The zero-order valence-corrected chi connectivity index (χ0v) is 12.9. The molecular formula is C15H31N3O. The van der Waals surface area contributed by atoms with Gasteiger partial charge in [-0.25, -0.2) is 0 Å². The number of carbonyl (C=O) groups is 1. The molecule has 0 aromatic carbocycles. The first kappa shape index (κ1) is 16.4. The van der Waals surface area contributed by atoms with Gasteiger partial charge in [-0.05, 0) is 52.2 Å². The summed E-state index contributed by atoms with van der Waals surface area (Å²) in [6, 6.07) is 0.643. The molecule has 0 saturated carbocycles. The summed E-state index contributed by atoms with van der Waals surface area (Å²) in [7, 11) is 4.25. The van der Waals surface area contributed by atoms with Crippen LogP contribution in [-0.2, 0) is 4.79 Å². The van der Waals surface area contributed by atoms with E-state index in [4.69, 9.17) is 5.73 Å². The number of carbonyl (C=O) groups excluding carboxylic acids is 1. The van der Waals surface area contributed by atoms with Gasteiger partial charge in [-0.2, -0.15) is 0 Å². The lowest BCUT2D eigenvalue weighted by Crippen LogP contribution is -2.44. The minimum Gasteiger partial charge on any atom is -0.343 e. The van der Waals surface area contributed by atoms with E-state index in [-0.39, 0.29) is 0 Å². The van der Waals surface area contributed by atoms with Crippen molar-refractivity contribution in [3.63, 3.8) is 0 Å². The number of nitrogens with two attached hydrogens (primary N) is 1. The first-order valence-corrected chi connectivity index (χ1v) is 7.72. The van der Waals surface area contributed by atoms with Crippen LogP contribution in [0.1, 0.15) is 45.4 Å². The first-order valence-electron chi connectivity index (χ1n) is 7.72. The van der Waals surface area contributed by atoms with Crippen LogP contribution in [0.4, 0.5) is 0 Å². The molecule has 0 bridgehead atoms. The number of hydrogen-bond acceptors (Lipinski definition) is 3.